The standard InChI is InChI=1S/C20H20N4O/c25-20(21-17-7-2-1-3-8-17)24-14-12-23(13-15-24)19-11-10-16-6-4-5-9-18(16)22-19/h1-11H,12-15H2,(H,21,25). The van der Waals surface area contributed by atoms with Gasteiger partial charge in [0.05, 0.1) is 5.52 Å². The Bertz CT molecular complexity index is 873. The van der Waals surface area contributed by atoms with Gasteiger partial charge in [-0.15, -0.1) is 0 Å². The van der Waals surface area contributed by atoms with Crippen LogP contribution in [0.2, 0.25) is 0 Å². The van der Waals surface area contributed by atoms with E-state index >= 15 is 0 Å². The van der Waals surface area contributed by atoms with Gasteiger partial charge >= 0.3 is 6.03 Å². The molecule has 0 atom stereocenters. The quantitative estimate of drug-likeness (QED) is 0.780. The first-order chi connectivity index (χ1) is 12.3. The minimum Gasteiger partial charge on any atom is -0.353 e. The van der Waals surface area contributed by atoms with Crippen LogP contribution in [0.4, 0.5) is 16.3 Å². The third-order valence-electron chi connectivity index (χ3n) is 4.50. The molecule has 0 spiro atoms. The number of nitrogens with one attached hydrogen (secondary N) is 1. The number of anilines is 2. The van der Waals surface area contributed by atoms with Crippen LogP contribution < -0.4 is 10.2 Å². The number of urea groups is 1. The maximum absolute atomic E-state index is 12.4. The van der Waals surface area contributed by atoms with E-state index in [9.17, 15) is 4.79 Å². The Hall–Kier alpha value is -3.08. The summed E-state index contributed by atoms with van der Waals surface area (Å²) in [6.45, 7) is 2.95. The van der Waals surface area contributed by atoms with Crippen LogP contribution in [0.15, 0.2) is 66.7 Å². The maximum Gasteiger partial charge on any atom is 0.321 e. The predicted octanol–water partition coefficient (Wildman–Crippen LogP) is 3.59. The lowest BCUT2D eigenvalue weighted by atomic mass is 10.2. The SMILES string of the molecule is O=C(Nc1ccccc1)N1CCN(c2ccc3ccccc3n2)CC1. The van der Waals surface area contributed by atoms with Gasteiger partial charge < -0.3 is 15.1 Å². The molecule has 3 aromatic rings. The van der Waals surface area contributed by atoms with Crippen LogP contribution >= 0.6 is 0 Å². The van der Waals surface area contributed by atoms with Crippen LogP contribution in [-0.4, -0.2) is 42.1 Å². The summed E-state index contributed by atoms with van der Waals surface area (Å²) in [6, 6.07) is 21.8. The van der Waals surface area contributed by atoms with E-state index in [1.54, 1.807) is 0 Å². The molecule has 0 unspecified atom stereocenters. The van der Waals surface area contributed by atoms with Crippen LogP contribution in [0.25, 0.3) is 10.9 Å². The molecular weight excluding hydrogens is 312 g/mol. The normalized spacial score (nSPS) is 14.6. The van der Waals surface area contributed by atoms with Gasteiger partial charge in [-0.3, -0.25) is 0 Å². The molecule has 5 heteroatoms. The van der Waals surface area contributed by atoms with Gasteiger partial charge in [-0.2, -0.15) is 0 Å². The molecule has 0 saturated carbocycles. The van der Waals surface area contributed by atoms with E-state index in [4.69, 9.17) is 4.98 Å². The Morgan fingerprint density at radius 2 is 1.56 bits per heavy atom. The molecule has 1 aliphatic rings. The highest BCUT2D eigenvalue weighted by molar-refractivity contribution is 5.89. The van der Waals surface area contributed by atoms with Gasteiger partial charge in [-0.1, -0.05) is 36.4 Å². The summed E-state index contributed by atoms with van der Waals surface area (Å²) in [4.78, 5) is 21.2. The van der Waals surface area contributed by atoms with Crippen molar-refractivity contribution in [1.82, 2.24) is 9.88 Å². The van der Waals surface area contributed by atoms with Crippen molar-refractivity contribution in [3.8, 4) is 0 Å². The van der Waals surface area contributed by atoms with Gasteiger partial charge in [0.15, 0.2) is 0 Å². The van der Waals surface area contributed by atoms with Crippen molar-refractivity contribution in [2.24, 2.45) is 0 Å². The molecule has 5 nitrogen and oxygen atoms in total. The number of pyridine rings is 1. The van der Waals surface area contributed by atoms with Crippen LogP contribution in [0.5, 0.6) is 0 Å². The molecule has 0 aliphatic carbocycles. The molecule has 4 rings (SSSR count). The lowest BCUT2D eigenvalue weighted by molar-refractivity contribution is 0.208. The molecule has 126 valence electrons. The van der Waals surface area contributed by atoms with Gasteiger partial charge in [0.1, 0.15) is 5.82 Å². The fourth-order valence-corrected chi connectivity index (χ4v) is 3.09. The van der Waals surface area contributed by atoms with Gasteiger partial charge in [0.2, 0.25) is 0 Å². The Labute approximate surface area is 146 Å². The number of hydrogen-bond acceptors (Lipinski definition) is 3. The molecule has 2 aromatic carbocycles. The zero-order chi connectivity index (χ0) is 17.1. The molecule has 0 bridgehead atoms. The average Bonchev–Trinajstić information content (AvgIpc) is 2.68. The van der Waals surface area contributed by atoms with E-state index in [-0.39, 0.29) is 6.03 Å². The lowest BCUT2D eigenvalue weighted by Crippen LogP contribution is -2.50. The van der Waals surface area contributed by atoms with Crippen molar-refractivity contribution >= 4 is 28.4 Å². The number of carbonyl (C=O) groups excluding carboxylic acids is 1. The summed E-state index contributed by atoms with van der Waals surface area (Å²) in [5.74, 6) is 0.974. The van der Waals surface area contributed by atoms with E-state index in [0.29, 0.717) is 13.1 Å². The summed E-state index contributed by atoms with van der Waals surface area (Å²) < 4.78 is 0. The highest BCUT2D eigenvalue weighted by Gasteiger charge is 2.22. The Morgan fingerprint density at radius 3 is 2.36 bits per heavy atom. The van der Waals surface area contributed by atoms with Crippen molar-refractivity contribution in [1.29, 1.82) is 0 Å². The van der Waals surface area contributed by atoms with Crippen molar-refractivity contribution in [2.75, 3.05) is 36.4 Å². The van der Waals surface area contributed by atoms with Crippen LogP contribution in [0.1, 0.15) is 0 Å². The zero-order valence-corrected chi connectivity index (χ0v) is 13.9. The van der Waals surface area contributed by atoms with E-state index in [1.165, 1.54) is 0 Å². The first kappa shape index (κ1) is 15.4. The first-order valence-corrected chi connectivity index (χ1v) is 8.51. The highest BCUT2D eigenvalue weighted by atomic mass is 16.2. The topological polar surface area (TPSA) is 48.5 Å². The monoisotopic (exact) mass is 332 g/mol. The first-order valence-electron chi connectivity index (χ1n) is 8.51. The summed E-state index contributed by atoms with van der Waals surface area (Å²) in [7, 11) is 0. The minimum absolute atomic E-state index is 0.0441. The van der Waals surface area contributed by atoms with Gasteiger partial charge in [-0.25, -0.2) is 9.78 Å². The van der Waals surface area contributed by atoms with Crippen molar-refractivity contribution in [3.63, 3.8) is 0 Å². The molecule has 1 aliphatic heterocycles. The van der Waals surface area contributed by atoms with E-state index in [2.05, 4.69) is 28.4 Å². The van der Waals surface area contributed by atoms with Crippen LogP contribution in [0.3, 0.4) is 0 Å². The second-order valence-corrected chi connectivity index (χ2v) is 6.13. The smallest absolute Gasteiger partial charge is 0.321 e. The number of amides is 2. The van der Waals surface area contributed by atoms with Crippen LogP contribution in [-0.2, 0) is 0 Å². The number of rotatable bonds is 2. The number of para-hydroxylation sites is 2. The maximum atomic E-state index is 12.4. The summed E-state index contributed by atoms with van der Waals surface area (Å²) in [5, 5.41) is 4.09. The number of carbonyl (C=O) groups is 1. The minimum atomic E-state index is -0.0441. The van der Waals surface area contributed by atoms with E-state index < -0.39 is 0 Å². The number of aromatic nitrogens is 1. The van der Waals surface area contributed by atoms with Crippen molar-refractivity contribution in [2.45, 2.75) is 0 Å². The molecule has 2 heterocycles. The number of piperazine rings is 1. The fourth-order valence-electron chi connectivity index (χ4n) is 3.09. The summed E-state index contributed by atoms with van der Waals surface area (Å²) >= 11 is 0. The number of fused-ring (bicyclic) bond motifs is 1. The van der Waals surface area contributed by atoms with E-state index in [1.807, 2.05) is 53.4 Å². The van der Waals surface area contributed by atoms with Gasteiger partial charge in [0.25, 0.3) is 0 Å². The average molecular weight is 332 g/mol. The lowest BCUT2D eigenvalue weighted by Gasteiger charge is -2.35. The van der Waals surface area contributed by atoms with E-state index in [0.717, 1.165) is 35.5 Å². The Kier molecular flexibility index (Phi) is 4.21. The molecule has 0 radical (unpaired) electrons. The Morgan fingerprint density at radius 1 is 0.840 bits per heavy atom. The largest absolute Gasteiger partial charge is 0.353 e. The molecule has 1 N–H and O–H groups in total. The predicted molar refractivity (Wildman–Crippen MR) is 101 cm³/mol. The fraction of sp³-hybridized carbons (Fsp3) is 0.200. The summed E-state index contributed by atoms with van der Waals surface area (Å²) in [5.41, 5.74) is 1.83. The third-order valence-corrected chi connectivity index (χ3v) is 4.50. The van der Waals surface area contributed by atoms with Crippen LogP contribution in [0, 0.1) is 0 Å². The number of nitrogens with zero attached hydrogens (tertiary/aromatic N) is 3. The summed E-state index contributed by atoms with van der Waals surface area (Å²) in [6.07, 6.45) is 0. The second kappa shape index (κ2) is 6.81. The van der Waals surface area contributed by atoms with Gasteiger partial charge in [0, 0.05) is 37.3 Å². The molecule has 1 fully saturated rings. The molecular formula is C20H20N4O. The van der Waals surface area contributed by atoms with Crippen molar-refractivity contribution < 1.29 is 4.79 Å². The molecule has 1 saturated heterocycles. The third kappa shape index (κ3) is 3.40. The molecule has 1 aromatic heterocycles. The Balaban J connectivity index is 1.39. The molecule has 25 heavy (non-hydrogen) atoms. The highest BCUT2D eigenvalue weighted by Crippen LogP contribution is 2.19. The van der Waals surface area contributed by atoms with Crippen molar-refractivity contribution in [3.05, 3.63) is 66.7 Å². The zero-order valence-electron chi connectivity index (χ0n) is 13.9. The molecule has 2 amide bonds. The number of hydrogen-bond donors (Lipinski definition) is 1. The number of benzene rings is 2. The second-order valence-electron chi connectivity index (χ2n) is 6.13. The van der Waals surface area contributed by atoms with Gasteiger partial charge in [-0.05, 0) is 30.3 Å².